The van der Waals surface area contributed by atoms with Gasteiger partial charge in [-0.05, 0) is 0 Å². The van der Waals surface area contributed by atoms with Gasteiger partial charge in [0.25, 0.3) is 10.2 Å². The molecule has 8 nitrogen and oxygen atoms in total. The molecule has 2 N–H and O–H groups in total. The molecule has 1 aliphatic heterocycles. The molecular weight excluding hydrogens is 284 g/mol. The maximum Gasteiger partial charge on any atom is 0.305 e. The smallest absolute Gasteiger partial charge is 0.305 e. The topological polar surface area (TPSA) is 121 Å². The second-order valence-electron chi connectivity index (χ2n) is 3.98. The number of nitrogens with zero attached hydrogens (tertiary/aromatic N) is 1. The molecule has 1 rings (SSSR count). The molecule has 1 heterocycles. The zero-order valence-corrected chi connectivity index (χ0v) is 11.5. The number of carboxylic acids is 1. The minimum Gasteiger partial charge on any atom is -0.481 e. The average molecular weight is 300 g/mol. The Bertz CT molecular complexity index is 512. The van der Waals surface area contributed by atoms with Crippen LogP contribution in [-0.4, -0.2) is 62.9 Å². The maximum atomic E-state index is 11.8. The van der Waals surface area contributed by atoms with E-state index in [4.69, 9.17) is 5.11 Å². The van der Waals surface area contributed by atoms with E-state index in [0.717, 1.165) is 4.31 Å². The first-order chi connectivity index (χ1) is 8.18. The number of rotatable bonds is 5. The first kappa shape index (κ1) is 15.3. The summed E-state index contributed by atoms with van der Waals surface area (Å²) in [4.78, 5) is 10.7. The quantitative estimate of drug-likeness (QED) is 0.632. The highest BCUT2D eigenvalue weighted by Crippen LogP contribution is 2.17. The van der Waals surface area contributed by atoms with Gasteiger partial charge in [-0.2, -0.15) is 12.7 Å². The Morgan fingerprint density at radius 2 is 2.11 bits per heavy atom. The zero-order valence-electron chi connectivity index (χ0n) is 9.87. The van der Waals surface area contributed by atoms with Crippen molar-refractivity contribution in [3.05, 3.63) is 0 Å². The van der Waals surface area contributed by atoms with Crippen LogP contribution in [0.15, 0.2) is 0 Å². The van der Waals surface area contributed by atoms with Crippen molar-refractivity contribution in [3.63, 3.8) is 0 Å². The number of nitrogens with one attached hydrogen (secondary N) is 1. The van der Waals surface area contributed by atoms with Gasteiger partial charge in [-0.15, -0.1) is 0 Å². The molecule has 0 amide bonds. The summed E-state index contributed by atoms with van der Waals surface area (Å²) in [6.07, 6.45) is -0.524. The van der Waals surface area contributed by atoms with Gasteiger partial charge >= 0.3 is 5.97 Å². The molecule has 1 saturated heterocycles. The molecule has 18 heavy (non-hydrogen) atoms. The third-order valence-electron chi connectivity index (χ3n) is 2.52. The van der Waals surface area contributed by atoms with Gasteiger partial charge in [0.1, 0.15) is 0 Å². The Labute approximate surface area is 106 Å². The van der Waals surface area contributed by atoms with Gasteiger partial charge in [0.2, 0.25) is 0 Å². The maximum absolute atomic E-state index is 11.8. The molecule has 1 fully saturated rings. The Kier molecular flexibility index (Phi) is 4.70. The van der Waals surface area contributed by atoms with Gasteiger partial charge in [0.05, 0.1) is 24.0 Å². The largest absolute Gasteiger partial charge is 0.481 e. The summed E-state index contributed by atoms with van der Waals surface area (Å²) in [6.45, 7) is 1.53. The van der Waals surface area contributed by atoms with E-state index in [1.54, 1.807) is 6.92 Å². The van der Waals surface area contributed by atoms with E-state index in [9.17, 15) is 21.6 Å². The zero-order chi connectivity index (χ0) is 14.0. The van der Waals surface area contributed by atoms with E-state index < -0.39 is 44.2 Å². The first-order valence-corrected chi connectivity index (χ1v) is 8.63. The van der Waals surface area contributed by atoms with E-state index in [1.807, 2.05) is 0 Å². The Hall–Kier alpha value is -0.710. The normalized spacial score (nSPS) is 24.8. The van der Waals surface area contributed by atoms with Gasteiger partial charge < -0.3 is 5.11 Å². The van der Waals surface area contributed by atoms with Gasteiger partial charge in [0, 0.05) is 13.1 Å². The Balaban J connectivity index is 2.98. The van der Waals surface area contributed by atoms with Crippen molar-refractivity contribution < 1.29 is 26.7 Å². The molecule has 0 aromatic rings. The lowest BCUT2D eigenvalue weighted by Gasteiger charge is -2.33. The van der Waals surface area contributed by atoms with Crippen molar-refractivity contribution in [2.24, 2.45) is 0 Å². The summed E-state index contributed by atoms with van der Waals surface area (Å²) in [5.41, 5.74) is 0. The molecule has 0 spiro atoms. The van der Waals surface area contributed by atoms with Crippen LogP contribution in [-0.2, 0) is 24.8 Å². The van der Waals surface area contributed by atoms with Crippen LogP contribution >= 0.6 is 0 Å². The molecule has 0 bridgehead atoms. The van der Waals surface area contributed by atoms with Crippen LogP contribution in [0.25, 0.3) is 0 Å². The predicted octanol–water partition coefficient (Wildman–Crippen LogP) is -1.59. The number of hydrogen-bond donors (Lipinski definition) is 2. The highest BCUT2D eigenvalue weighted by atomic mass is 32.2. The average Bonchev–Trinajstić information content (AvgIpc) is 2.13. The molecule has 1 aliphatic rings. The van der Waals surface area contributed by atoms with Crippen molar-refractivity contribution in [1.82, 2.24) is 9.03 Å². The minimum absolute atomic E-state index is 0.158. The molecule has 0 saturated carbocycles. The number of hydrogen-bond acceptors (Lipinski definition) is 5. The lowest BCUT2D eigenvalue weighted by atomic mass is 10.2. The van der Waals surface area contributed by atoms with Gasteiger partial charge in [-0.25, -0.2) is 13.1 Å². The van der Waals surface area contributed by atoms with Gasteiger partial charge in [0.15, 0.2) is 9.84 Å². The third-order valence-corrected chi connectivity index (χ3v) is 5.97. The fourth-order valence-electron chi connectivity index (χ4n) is 1.82. The van der Waals surface area contributed by atoms with E-state index >= 15 is 0 Å². The number of sulfone groups is 1. The molecule has 0 aliphatic carbocycles. The summed E-state index contributed by atoms with van der Waals surface area (Å²) < 4.78 is 49.7. The van der Waals surface area contributed by atoms with E-state index in [2.05, 4.69) is 4.72 Å². The van der Waals surface area contributed by atoms with Crippen LogP contribution in [0.2, 0.25) is 0 Å². The molecule has 0 radical (unpaired) electrons. The van der Waals surface area contributed by atoms with Crippen molar-refractivity contribution >= 4 is 26.0 Å². The third kappa shape index (κ3) is 3.90. The summed E-state index contributed by atoms with van der Waals surface area (Å²) in [7, 11) is -7.21. The minimum atomic E-state index is -3.82. The molecule has 10 heteroatoms. The summed E-state index contributed by atoms with van der Waals surface area (Å²) in [5, 5.41) is 8.71. The molecule has 0 aromatic carbocycles. The summed E-state index contributed by atoms with van der Waals surface area (Å²) in [5.74, 6) is -1.97. The van der Waals surface area contributed by atoms with Crippen molar-refractivity contribution in [1.29, 1.82) is 0 Å². The lowest BCUT2D eigenvalue weighted by molar-refractivity contribution is -0.137. The van der Waals surface area contributed by atoms with Crippen molar-refractivity contribution in [2.45, 2.75) is 19.4 Å². The van der Waals surface area contributed by atoms with Crippen LogP contribution < -0.4 is 4.72 Å². The van der Waals surface area contributed by atoms with Crippen molar-refractivity contribution in [3.8, 4) is 0 Å². The molecule has 0 aromatic heterocycles. The predicted molar refractivity (Wildman–Crippen MR) is 64.0 cm³/mol. The number of carboxylic acid groups (broad SMARTS) is 1. The second-order valence-corrected chi connectivity index (χ2v) is 7.92. The van der Waals surface area contributed by atoms with Crippen LogP contribution in [0.3, 0.4) is 0 Å². The van der Waals surface area contributed by atoms with E-state index in [0.29, 0.717) is 0 Å². The van der Waals surface area contributed by atoms with E-state index in [-0.39, 0.29) is 18.8 Å². The second kappa shape index (κ2) is 5.51. The molecule has 1 atom stereocenters. The highest BCUT2D eigenvalue weighted by Gasteiger charge is 2.38. The fraction of sp³-hybridized carbons (Fsp3) is 0.875. The summed E-state index contributed by atoms with van der Waals surface area (Å²) >= 11 is 0. The fourth-order valence-corrected chi connectivity index (χ4v) is 4.95. The monoisotopic (exact) mass is 300 g/mol. The highest BCUT2D eigenvalue weighted by molar-refractivity contribution is 7.92. The number of aliphatic carboxylic acids is 1. The van der Waals surface area contributed by atoms with Crippen LogP contribution in [0, 0.1) is 0 Å². The first-order valence-electron chi connectivity index (χ1n) is 5.36. The van der Waals surface area contributed by atoms with Crippen LogP contribution in [0.4, 0.5) is 0 Å². The molecular formula is C8H16N2O6S2. The van der Waals surface area contributed by atoms with E-state index in [1.165, 1.54) is 0 Å². The Morgan fingerprint density at radius 3 is 2.61 bits per heavy atom. The van der Waals surface area contributed by atoms with Crippen LogP contribution in [0.5, 0.6) is 0 Å². The Morgan fingerprint density at radius 1 is 1.50 bits per heavy atom. The standard InChI is InChI=1S/C8H16N2O6S2/c1-2-9-18(15,16)10-3-4-17(13,14)6-7(10)5-8(11)12/h7,9H,2-6H2,1H3,(H,11,12). The van der Waals surface area contributed by atoms with Gasteiger partial charge in [-0.1, -0.05) is 6.92 Å². The molecule has 1 unspecified atom stereocenters. The SMILES string of the molecule is CCNS(=O)(=O)N1CCS(=O)(=O)CC1CC(=O)O. The molecule has 106 valence electrons. The van der Waals surface area contributed by atoms with Crippen molar-refractivity contribution in [2.75, 3.05) is 24.6 Å². The van der Waals surface area contributed by atoms with Gasteiger partial charge in [-0.3, -0.25) is 4.79 Å². The number of carbonyl (C=O) groups is 1. The lowest BCUT2D eigenvalue weighted by Crippen LogP contribution is -2.55. The van der Waals surface area contributed by atoms with Crippen LogP contribution in [0.1, 0.15) is 13.3 Å². The summed E-state index contributed by atoms with van der Waals surface area (Å²) in [6, 6.07) is -1.05.